The van der Waals surface area contributed by atoms with Crippen LogP contribution in [0, 0.1) is 0 Å². The molecular weight excluding hydrogens is 1010 g/mol. The molecule has 4 aromatic heterocycles. The minimum atomic E-state index is 0. The number of rotatable bonds is 0. The predicted octanol–water partition coefficient (Wildman–Crippen LogP) is 15.0. The van der Waals surface area contributed by atoms with E-state index in [2.05, 4.69) is 249 Å². The molecule has 4 aromatic rings. The minimum absolute atomic E-state index is 0. The van der Waals surface area contributed by atoms with E-state index in [9.17, 15) is 0 Å². The van der Waals surface area contributed by atoms with Crippen molar-refractivity contribution >= 4 is 91.0 Å². The Bertz CT molecular complexity index is 1780. The van der Waals surface area contributed by atoms with E-state index >= 15 is 0 Å². The zero-order valence-electron chi connectivity index (χ0n) is 53.0. The summed E-state index contributed by atoms with van der Waals surface area (Å²) in [5.74, 6) is 3.86. The van der Waals surface area contributed by atoms with E-state index in [1.165, 1.54) is 0 Å². The van der Waals surface area contributed by atoms with Crippen LogP contribution in [0.3, 0.4) is 0 Å². The third-order valence-corrected chi connectivity index (χ3v) is 11.0. The van der Waals surface area contributed by atoms with E-state index < -0.39 is 0 Å². The molecule has 0 saturated heterocycles. The van der Waals surface area contributed by atoms with E-state index in [0.29, 0.717) is 0 Å². The third kappa shape index (κ3) is 21.1. The molecule has 0 saturated carbocycles. The first-order valence-electron chi connectivity index (χ1n) is 25.6. The fourth-order valence-electron chi connectivity index (χ4n) is 6.90. The molecule has 0 amide bonds. The molecule has 0 radical (unpaired) electrons. The van der Waals surface area contributed by atoms with Crippen molar-refractivity contribution in [1.29, 1.82) is 0 Å². The molecule has 0 aliphatic heterocycles. The Balaban J connectivity index is 0. The van der Waals surface area contributed by atoms with Gasteiger partial charge in [-0.2, -0.15) is 0 Å². The monoisotopic (exact) mass is 1120 g/mol. The van der Waals surface area contributed by atoms with Crippen molar-refractivity contribution in [2.45, 2.75) is 314 Å². The van der Waals surface area contributed by atoms with Gasteiger partial charge in [-0.05, 0) is 65.0 Å². The molecule has 0 bridgehead atoms. The Morgan fingerprint density at radius 2 is 0.300 bits per heavy atom. The van der Waals surface area contributed by atoms with Crippen LogP contribution in [0.15, 0.2) is 0 Å². The SMILES string of the molecule is CC(C)(C)c1nc(C(C)(C)C)c(C(C)(C)C)[n-]1.CC(C)(C)c1nc(C(C)(C)C)c(C(C)(C)C)[n-]1.CC(C)(C)c1nc(C(C)(C)C)c(C(C)(C)C)[n-]1.CC(C)(C)c1nc(C(C)(C)C)c(C(C)(C)C)[n-]1.[Sr+2].[Sr+2]. The largest absolute Gasteiger partial charge is 2.00 e. The number of hydrogen-bond donors (Lipinski definition) is 0. The van der Waals surface area contributed by atoms with E-state index in [4.69, 9.17) is 39.9 Å². The topological polar surface area (TPSA) is 108 Å². The van der Waals surface area contributed by atoms with Crippen molar-refractivity contribution in [2.75, 3.05) is 0 Å². The fourth-order valence-corrected chi connectivity index (χ4v) is 6.90. The van der Waals surface area contributed by atoms with Crippen molar-refractivity contribution in [3.8, 4) is 0 Å². The summed E-state index contributed by atoms with van der Waals surface area (Å²) in [4.78, 5) is 38.5. The Morgan fingerprint density at radius 1 is 0.186 bits per heavy atom. The van der Waals surface area contributed by atoms with Crippen LogP contribution in [0.4, 0.5) is 0 Å². The van der Waals surface area contributed by atoms with Crippen molar-refractivity contribution < 1.29 is 0 Å². The molecule has 0 unspecified atom stereocenters. The number of nitrogens with zero attached hydrogens (tertiary/aromatic N) is 8. The van der Waals surface area contributed by atoms with Gasteiger partial charge in [0.1, 0.15) is 0 Å². The van der Waals surface area contributed by atoms with E-state index in [1.54, 1.807) is 0 Å². The molecule has 0 aliphatic carbocycles. The van der Waals surface area contributed by atoms with Gasteiger partial charge in [-0.3, -0.25) is 0 Å². The first-order chi connectivity index (χ1) is 29.3. The van der Waals surface area contributed by atoms with Gasteiger partial charge < -0.3 is 39.9 Å². The quantitative estimate of drug-likeness (QED) is 0.160. The van der Waals surface area contributed by atoms with Gasteiger partial charge in [0.25, 0.3) is 0 Å². The molecule has 0 spiro atoms. The van der Waals surface area contributed by atoms with Crippen LogP contribution >= 0.6 is 0 Å². The van der Waals surface area contributed by atoms with Crippen molar-refractivity contribution in [3.05, 3.63) is 68.8 Å². The maximum atomic E-state index is 4.81. The Labute approximate surface area is 508 Å². The van der Waals surface area contributed by atoms with Crippen molar-refractivity contribution in [1.82, 2.24) is 39.9 Å². The van der Waals surface area contributed by atoms with Gasteiger partial charge in [-0.25, -0.2) is 0 Å². The molecule has 70 heavy (non-hydrogen) atoms. The molecule has 0 atom stereocenters. The average molecular weight is 1120 g/mol. The second-order valence-electron chi connectivity index (χ2n) is 32.0. The Morgan fingerprint density at radius 3 is 0.357 bits per heavy atom. The molecule has 10 heteroatoms. The summed E-state index contributed by atoms with van der Waals surface area (Å²) in [5.41, 5.74) is 9.69. The predicted molar refractivity (Wildman–Crippen MR) is 306 cm³/mol. The molecular formula is C60H108N8Sr2. The van der Waals surface area contributed by atoms with Gasteiger partial charge in [0.15, 0.2) is 0 Å². The summed E-state index contributed by atoms with van der Waals surface area (Å²) in [6.45, 7) is 79.0. The molecule has 8 nitrogen and oxygen atoms in total. The number of imidazole rings is 4. The van der Waals surface area contributed by atoms with Crippen LogP contribution in [0.25, 0.3) is 0 Å². The van der Waals surface area contributed by atoms with Crippen LogP contribution < -0.4 is 19.9 Å². The summed E-state index contributed by atoms with van der Waals surface area (Å²) in [6.07, 6.45) is 0. The van der Waals surface area contributed by atoms with Gasteiger partial charge in [-0.1, -0.05) is 318 Å². The standard InChI is InChI=1S/4C15H27N2.2Sr/c4*1-13(2,3)10-11(14(4,5)6)17-12(16-10)15(7,8)9;;/h4*1-9H3;;/q4*-1;2*+2. The third-order valence-electron chi connectivity index (χ3n) is 11.0. The second-order valence-corrected chi connectivity index (χ2v) is 32.0. The van der Waals surface area contributed by atoms with E-state index in [1.807, 2.05) is 0 Å². The zero-order valence-corrected chi connectivity index (χ0v) is 59.9. The van der Waals surface area contributed by atoms with Gasteiger partial charge in [0, 0.05) is 0 Å². The summed E-state index contributed by atoms with van der Waals surface area (Å²) >= 11 is 0. The van der Waals surface area contributed by atoms with Gasteiger partial charge >= 0.3 is 91.0 Å². The molecule has 0 N–H and O–H groups in total. The zero-order chi connectivity index (χ0) is 54.6. The number of aromatic nitrogens is 8. The normalized spacial score (nSPS) is 13.8. The first-order valence-corrected chi connectivity index (χ1v) is 25.6. The molecule has 4 rings (SSSR count). The summed E-state index contributed by atoms with van der Waals surface area (Å²) < 4.78 is 0. The molecule has 0 aromatic carbocycles. The molecule has 392 valence electrons. The van der Waals surface area contributed by atoms with Crippen LogP contribution in [0.2, 0.25) is 0 Å². The maximum Gasteiger partial charge on any atom is 2.00 e. The molecule has 0 fully saturated rings. The van der Waals surface area contributed by atoms with Gasteiger partial charge in [0.05, 0.1) is 0 Å². The van der Waals surface area contributed by atoms with Crippen LogP contribution in [-0.2, 0) is 65.0 Å². The van der Waals surface area contributed by atoms with E-state index in [0.717, 1.165) is 68.8 Å². The summed E-state index contributed by atoms with van der Waals surface area (Å²) in [5, 5.41) is 0. The minimum Gasteiger partial charge on any atom is -0.442 e. The fraction of sp³-hybridized carbons (Fsp3) is 0.800. The maximum absolute atomic E-state index is 4.81. The summed E-state index contributed by atoms with van der Waals surface area (Å²) in [7, 11) is 0. The molecule has 4 heterocycles. The Kier molecular flexibility index (Phi) is 24.2. The van der Waals surface area contributed by atoms with Crippen molar-refractivity contribution in [2.24, 2.45) is 0 Å². The van der Waals surface area contributed by atoms with Crippen LogP contribution in [-0.4, -0.2) is 111 Å². The first kappa shape index (κ1) is 71.9. The van der Waals surface area contributed by atoms with E-state index in [-0.39, 0.29) is 156 Å². The van der Waals surface area contributed by atoms with Gasteiger partial charge in [-0.15, -0.1) is 0 Å². The summed E-state index contributed by atoms with van der Waals surface area (Å²) in [6, 6.07) is 0. The van der Waals surface area contributed by atoms with Crippen molar-refractivity contribution in [3.63, 3.8) is 0 Å². The second kappa shape index (κ2) is 23.6. The molecule has 0 aliphatic rings. The van der Waals surface area contributed by atoms with Crippen LogP contribution in [0.1, 0.15) is 318 Å². The Hall–Kier alpha value is -0.199. The number of hydrogen-bond acceptors (Lipinski definition) is 4. The van der Waals surface area contributed by atoms with Gasteiger partial charge in [0.2, 0.25) is 0 Å². The average Bonchev–Trinajstić information content (AvgIpc) is 3.85. The smallest absolute Gasteiger partial charge is 0.442 e. The van der Waals surface area contributed by atoms with Crippen LogP contribution in [0.5, 0.6) is 0 Å².